The van der Waals surface area contributed by atoms with E-state index in [0.717, 1.165) is 25.3 Å². The molecule has 0 spiro atoms. The average molecular weight is 222 g/mol. The summed E-state index contributed by atoms with van der Waals surface area (Å²) in [5.41, 5.74) is 0. The molecule has 0 saturated carbocycles. The number of ether oxygens (including phenoxy) is 1. The highest BCUT2D eigenvalue weighted by Gasteiger charge is 2.12. The molecule has 16 heavy (non-hydrogen) atoms. The van der Waals surface area contributed by atoms with E-state index in [2.05, 4.69) is 20.6 Å². The van der Waals surface area contributed by atoms with Crippen molar-refractivity contribution in [2.45, 2.75) is 25.3 Å². The molecule has 5 nitrogen and oxygen atoms in total. The van der Waals surface area contributed by atoms with Crippen LogP contribution in [0.25, 0.3) is 0 Å². The van der Waals surface area contributed by atoms with Crippen LogP contribution in [0.4, 0.5) is 5.82 Å². The van der Waals surface area contributed by atoms with Gasteiger partial charge < -0.3 is 15.4 Å². The number of nitrogens with one attached hydrogen (secondary N) is 2. The molecule has 0 aromatic carbocycles. The molecule has 2 N–H and O–H groups in total. The Balaban J connectivity index is 1.96. The van der Waals surface area contributed by atoms with Gasteiger partial charge in [0.1, 0.15) is 12.1 Å². The van der Waals surface area contributed by atoms with Gasteiger partial charge in [0.05, 0.1) is 7.11 Å². The first-order chi connectivity index (χ1) is 7.88. The zero-order chi connectivity index (χ0) is 11.2. The predicted molar refractivity (Wildman–Crippen MR) is 62.7 cm³/mol. The smallest absolute Gasteiger partial charge is 0.218 e. The second-order valence-electron chi connectivity index (χ2n) is 3.97. The van der Waals surface area contributed by atoms with E-state index in [1.165, 1.54) is 19.2 Å². The molecular formula is C11H18N4O. The van der Waals surface area contributed by atoms with Crippen molar-refractivity contribution < 1.29 is 4.74 Å². The zero-order valence-electron chi connectivity index (χ0n) is 9.57. The van der Waals surface area contributed by atoms with Crippen molar-refractivity contribution in [3.05, 3.63) is 12.4 Å². The van der Waals surface area contributed by atoms with Crippen molar-refractivity contribution in [2.75, 3.05) is 25.5 Å². The van der Waals surface area contributed by atoms with Crippen LogP contribution in [0.5, 0.6) is 5.88 Å². The Morgan fingerprint density at radius 3 is 3.19 bits per heavy atom. The van der Waals surface area contributed by atoms with E-state index >= 15 is 0 Å². The van der Waals surface area contributed by atoms with Gasteiger partial charge in [-0.05, 0) is 32.4 Å². The zero-order valence-corrected chi connectivity index (χ0v) is 9.57. The van der Waals surface area contributed by atoms with Crippen molar-refractivity contribution in [2.24, 2.45) is 0 Å². The molecule has 0 radical (unpaired) electrons. The van der Waals surface area contributed by atoms with E-state index in [4.69, 9.17) is 4.74 Å². The fraction of sp³-hybridized carbons (Fsp3) is 0.636. The van der Waals surface area contributed by atoms with Crippen LogP contribution in [0.3, 0.4) is 0 Å². The summed E-state index contributed by atoms with van der Waals surface area (Å²) in [7, 11) is 1.61. The molecule has 1 aliphatic rings. The van der Waals surface area contributed by atoms with Crippen LogP contribution in [-0.4, -0.2) is 36.2 Å². The van der Waals surface area contributed by atoms with Crippen molar-refractivity contribution in [1.29, 1.82) is 0 Å². The van der Waals surface area contributed by atoms with Crippen molar-refractivity contribution in [3.8, 4) is 5.88 Å². The van der Waals surface area contributed by atoms with Gasteiger partial charge in [0.25, 0.3) is 0 Å². The first-order valence-electron chi connectivity index (χ1n) is 5.72. The first-order valence-corrected chi connectivity index (χ1v) is 5.72. The molecule has 1 saturated heterocycles. The van der Waals surface area contributed by atoms with Crippen LogP contribution in [0, 0.1) is 0 Å². The topological polar surface area (TPSA) is 59.1 Å². The number of hydrogen-bond acceptors (Lipinski definition) is 5. The third-order valence-corrected chi connectivity index (χ3v) is 2.78. The van der Waals surface area contributed by atoms with Gasteiger partial charge in [-0.3, -0.25) is 0 Å². The van der Waals surface area contributed by atoms with Crippen LogP contribution in [0.15, 0.2) is 12.4 Å². The third kappa shape index (κ3) is 3.06. The van der Waals surface area contributed by atoms with Crippen molar-refractivity contribution in [1.82, 2.24) is 15.3 Å². The Morgan fingerprint density at radius 1 is 1.38 bits per heavy atom. The quantitative estimate of drug-likeness (QED) is 0.800. The number of rotatable bonds is 3. The summed E-state index contributed by atoms with van der Waals surface area (Å²) in [4.78, 5) is 8.17. The van der Waals surface area contributed by atoms with E-state index in [1.807, 2.05) is 6.07 Å². The SMILES string of the molecule is COc1cc(NC2CCCNCC2)ncn1. The summed E-state index contributed by atoms with van der Waals surface area (Å²) in [6.07, 6.45) is 5.04. The van der Waals surface area contributed by atoms with E-state index in [-0.39, 0.29) is 0 Å². The predicted octanol–water partition coefficient (Wildman–Crippen LogP) is 1.04. The molecule has 1 aliphatic heterocycles. The van der Waals surface area contributed by atoms with Crippen LogP contribution >= 0.6 is 0 Å². The molecule has 1 aromatic rings. The minimum absolute atomic E-state index is 0.495. The highest BCUT2D eigenvalue weighted by atomic mass is 16.5. The largest absolute Gasteiger partial charge is 0.481 e. The molecule has 0 bridgehead atoms. The number of anilines is 1. The van der Waals surface area contributed by atoms with Crippen molar-refractivity contribution >= 4 is 5.82 Å². The minimum atomic E-state index is 0.495. The second-order valence-corrected chi connectivity index (χ2v) is 3.97. The average Bonchev–Trinajstić information content (AvgIpc) is 2.58. The van der Waals surface area contributed by atoms with Crippen LogP contribution in [-0.2, 0) is 0 Å². The summed E-state index contributed by atoms with van der Waals surface area (Å²) >= 11 is 0. The lowest BCUT2D eigenvalue weighted by atomic mass is 10.1. The fourth-order valence-electron chi connectivity index (χ4n) is 1.90. The van der Waals surface area contributed by atoms with Gasteiger partial charge in [-0.25, -0.2) is 9.97 Å². The van der Waals surface area contributed by atoms with E-state index in [1.54, 1.807) is 7.11 Å². The van der Waals surface area contributed by atoms with E-state index in [0.29, 0.717) is 11.9 Å². The maximum Gasteiger partial charge on any atom is 0.218 e. The molecule has 2 heterocycles. The molecule has 2 rings (SSSR count). The van der Waals surface area contributed by atoms with Gasteiger partial charge in [0.15, 0.2) is 0 Å². The molecule has 5 heteroatoms. The van der Waals surface area contributed by atoms with Gasteiger partial charge in [-0.2, -0.15) is 0 Å². The monoisotopic (exact) mass is 222 g/mol. The Morgan fingerprint density at radius 2 is 2.31 bits per heavy atom. The Hall–Kier alpha value is -1.36. The summed E-state index contributed by atoms with van der Waals surface area (Å²) < 4.78 is 5.07. The fourth-order valence-corrected chi connectivity index (χ4v) is 1.90. The number of methoxy groups -OCH3 is 1. The summed E-state index contributed by atoms with van der Waals surface area (Å²) in [5.74, 6) is 1.45. The minimum Gasteiger partial charge on any atom is -0.481 e. The van der Waals surface area contributed by atoms with Gasteiger partial charge in [0, 0.05) is 12.1 Å². The standard InChI is InChI=1S/C11H18N4O/c1-16-11-7-10(13-8-14-11)15-9-3-2-5-12-6-4-9/h7-9,12H,2-6H2,1H3,(H,13,14,15). The lowest BCUT2D eigenvalue weighted by molar-refractivity contribution is 0.397. The number of aromatic nitrogens is 2. The summed E-state index contributed by atoms with van der Waals surface area (Å²) in [6, 6.07) is 2.33. The van der Waals surface area contributed by atoms with Gasteiger partial charge >= 0.3 is 0 Å². The molecule has 0 aliphatic carbocycles. The summed E-state index contributed by atoms with van der Waals surface area (Å²) in [5, 5.41) is 6.81. The van der Waals surface area contributed by atoms with Crippen molar-refractivity contribution in [3.63, 3.8) is 0 Å². The maximum absolute atomic E-state index is 5.07. The highest BCUT2D eigenvalue weighted by Crippen LogP contribution is 2.15. The Kier molecular flexibility index (Phi) is 3.93. The lowest BCUT2D eigenvalue weighted by Crippen LogP contribution is -2.22. The Bertz CT molecular complexity index is 324. The third-order valence-electron chi connectivity index (χ3n) is 2.78. The normalized spacial score (nSPS) is 21.2. The van der Waals surface area contributed by atoms with E-state index in [9.17, 15) is 0 Å². The maximum atomic E-state index is 5.07. The van der Waals surface area contributed by atoms with Gasteiger partial charge in [0.2, 0.25) is 5.88 Å². The van der Waals surface area contributed by atoms with Crippen LogP contribution in [0.2, 0.25) is 0 Å². The number of nitrogens with zero attached hydrogens (tertiary/aromatic N) is 2. The van der Waals surface area contributed by atoms with Crippen LogP contribution < -0.4 is 15.4 Å². The molecule has 1 fully saturated rings. The molecule has 1 aromatic heterocycles. The molecule has 0 amide bonds. The van der Waals surface area contributed by atoms with E-state index < -0.39 is 0 Å². The lowest BCUT2D eigenvalue weighted by Gasteiger charge is -2.16. The Labute approximate surface area is 95.6 Å². The first kappa shape index (κ1) is 11.1. The van der Waals surface area contributed by atoms with Gasteiger partial charge in [-0.1, -0.05) is 0 Å². The number of hydrogen-bond donors (Lipinski definition) is 2. The molecule has 1 unspecified atom stereocenters. The second kappa shape index (κ2) is 5.65. The summed E-state index contributed by atoms with van der Waals surface area (Å²) in [6.45, 7) is 2.19. The molecular weight excluding hydrogens is 204 g/mol. The van der Waals surface area contributed by atoms with Gasteiger partial charge in [-0.15, -0.1) is 0 Å². The molecule has 1 atom stereocenters. The molecule has 88 valence electrons. The van der Waals surface area contributed by atoms with Crippen LogP contribution in [0.1, 0.15) is 19.3 Å². The highest BCUT2D eigenvalue weighted by molar-refractivity contribution is 5.38.